The van der Waals surface area contributed by atoms with Gasteiger partial charge in [0.25, 0.3) is 0 Å². The van der Waals surface area contributed by atoms with Crippen molar-refractivity contribution in [2.75, 3.05) is 6.54 Å². The summed E-state index contributed by atoms with van der Waals surface area (Å²) in [6.07, 6.45) is 6.31. The van der Waals surface area contributed by atoms with E-state index in [9.17, 15) is 4.79 Å². The number of aromatic nitrogens is 1. The highest BCUT2D eigenvalue weighted by atomic mass is 16.1. The molecule has 2 saturated heterocycles. The minimum Gasteiger partial charge on any atom is -0.318 e. The van der Waals surface area contributed by atoms with Crippen LogP contribution in [-0.4, -0.2) is 33.9 Å². The molecule has 2 bridgehead atoms. The lowest BCUT2D eigenvalue weighted by molar-refractivity contribution is 0.0826. The minimum absolute atomic E-state index is 0.233. The third-order valence-corrected chi connectivity index (χ3v) is 6.16. The number of benzene rings is 1. The van der Waals surface area contributed by atoms with E-state index in [1.807, 2.05) is 44.2 Å². The first-order chi connectivity index (χ1) is 12.6. The molecule has 2 aromatic rings. The van der Waals surface area contributed by atoms with E-state index >= 15 is 0 Å². The van der Waals surface area contributed by atoms with Gasteiger partial charge in [0.1, 0.15) is 0 Å². The average molecular weight is 347 g/mol. The molecule has 26 heavy (non-hydrogen) atoms. The number of hydrogen-bond acceptors (Lipinski definition) is 3. The Hall–Kier alpha value is -2.38. The van der Waals surface area contributed by atoms with Crippen LogP contribution < -0.4 is 0 Å². The molecule has 0 aliphatic carbocycles. The van der Waals surface area contributed by atoms with Crippen LogP contribution in [-0.2, 0) is 0 Å². The highest BCUT2D eigenvalue weighted by molar-refractivity contribution is 5.99. The number of hydrogen-bond donors (Lipinski definition) is 0. The van der Waals surface area contributed by atoms with Gasteiger partial charge in [0.15, 0.2) is 5.78 Å². The van der Waals surface area contributed by atoms with Gasteiger partial charge < -0.3 is 4.57 Å². The molecule has 0 spiro atoms. The van der Waals surface area contributed by atoms with E-state index in [1.54, 1.807) is 0 Å². The summed E-state index contributed by atoms with van der Waals surface area (Å²) in [5, 5.41) is 8.98. The molecule has 2 aliphatic rings. The minimum atomic E-state index is 0.233. The van der Waals surface area contributed by atoms with Crippen molar-refractivity contribution in [2.45, 2.75) is 58.0 Å². The van der Waals surface area contributed by atoms with Crippen LogP contribution in [0.25, 0.3) is 5.69 Å². The van der Waals surface area contributed by atoms with Crippen molar-refractivity contribution >= 4 is 5.78 Å². The van der Waals surface area contributed by atoms with Crippen LogP contribution in [0, 0.1) is 25.2 Å². The molecule has 1 aromatic heterocycles. The molecule has 3 heterocycles. The van der Waals surface area contributed by atoms with E-state index < -0.39 is 0 Å². The zero-order valence-corrected chi connectivity index (χ0v) is 15.5. The molecule has 4 nitrogen and oxygen atoms in total. The second-order valence-electron chi connectivity index (χ2n) is 7.69. The maximum absolute atomic E-state index is 13.1. The van der Waals surface area contributed by atoms with Gasteiger partial charge in [-0.15, -0.1) is 0 Å². The fraction of sp³-hybridized carbons (Fsp3) is 0.455. The zero-order chi connectivity index (χ0) is 18.3. The van der Waals surface area contributed by atoms with Gasteiger partial charge in [-0.1, -0.05) is 6.42 Å². The molecule has 2 atom stereocenters. The molecule has 4 rings (SSSR count). The smallest absolute Gasteiger partial charge is 0.178 e. The molecule has 0 amide bonds. The van der Waals surface area contributed by atoms with Crippen molar-refractivity contribution in [3.63, 3.8) is 0 Å². The average Bonchev–Trinajstić information content (AvgIpc) is 3.05. The molecule has 0 radical (unpaired) electrons. The molecule has 0 saturated carbocycles. The Labute approximate surface area is 155 Å². The Kier molecular flexibility index (Phi) is 4.42. The molecule has 0 N–H and O–H groups in total. The van der Waals surface area contributed by atoms with Gasteiger partial charge in [-0.2, -0.15) is 5.26 Å². The lowest BCUT2D eigenvalue weighted by atomic mass is 10.0. The fourth-order valence-corrected chi connectivity index (χ4v) is 4.86. The Bertz CT molecular complexity index is 856. The number of carbonyl (C=O) groups is 1. The summed E-state index contributed by atoms with van der Waals surface area (Å²) < 4.78 is 2.11. The van der Waals surface area contributed by atoms with Crippen LogP contribution in [0.2, 0.25) is 0 Å². The first-order valence-electron chi connectivity index (χ1n) is 9.57. The van der Waals surface area contributed by atoms with Crippen LogP contribution in [0.5, 0.6) is 0 Å². The van der Waals surface area contributed by atoms with E-state index in [0.29, 0.717) is 24.2 Å². The second-order valence-corrected chi connectivity index (χ2v) is 7.69. The summed E-state index contributed by atoms with van der Waals surface area (Å²) in [5.41, 5.74) is 4.51. The van der Waals surface area contributed by atoms with Crippen molar-refractivity contribution < 1.29 is 4.79 Å². The third-order valence-electron chi connectivity index (χ3n) is 6.16. The standard InChI is InChI=1S/C22H25N3O/c1-15-12-21(16(2)25(15)20-8-6-17(13-23)7-9-20)22(26)14-24-18-4-3-5-19(24)11-10-18/h6-9,12,18-19H,3-5,10-11,14H2,1-2H3. The van der Waals surface area contributed by atoms with Crippen molar-refractivity contribution in [3.8, 4) is 11.8 Å². The topological polar surface area (TPSA) is 49.0 Å². The number of rotatable bonds is 4. The molecule has 2 unspecified atom stereocenters. The number of nitriles is 1. The Balaban J connectivity index is 1.59. The van der Waals surface area contributed by atoms with Crippen molar-refractivity contribution in [2.24, 2.45) is 0 Å². The molecular weight excluding hydrogens is 322 g/mol. The van der Waals surface area contributed by atoms with Gasteiger partial charge >= 0.3 is 0 Å². The van der Waals surface area contributed by atoms with Gasteiger partial charge in [0.05, 0.1) is 18.2 Å². The van der Waals surface area contributed by atoms with Crippen LogP contribution in [0.4, 0.5) is 0 Å². The number of piperidine rings is 1. The van der Waals surface area contributed by atoms with Crippen molar-refractivity contribution in [3.05, 3.63) is 52.8 Å². The number of aryl methyl sites for hydroxylation is 1. The first-order valence-corrected chi connectivity index (χ1v) is 9.57. The Morgan fingerprint density at radius 3 is 2.38 bits per heavy atom. The monoisotopic (exact) mass is 347 g/mol. The van der Waals surface area contributed by atoms with Crippen LogP contribution in [0.15, 0.2) is 30.3 Å². The summed E-state index contributed by atoms with van der Waals surface area (Å²) in [4.78, 5) is 15.5. The van der Waals surface area contributed by atoms with Gasteiger partial charge in [-0.3, -0.25) is 9.69 Å². The van der Waals surface area contributed by atoms with Crippen LogP contribution >= 0.6 is 0 Å². The predicted molar refractivity (Wildman–Crippen MR) is 102 cm³/mol. The molecule has 2 aliphatic heterocycles. The lowest BCUT2D eigenvalue weighted by Crippen LogP contribution is -2.42. The third kappa shape index (κ3) is 2.87. The first kappa shape index (κ1) is 17.1. The van der Waals surface area contributed by atoms with E-state index in [1.165, 1.54) is 32.1 Å². The lowest BCUT2D eigenvalue weighted by Gasteiger charge is -2.34. The van der Waals surface area contributed by atoms with Crippen LogP contribution in [0.1, 0.15) is 59.4 Å². The van der Waals surface area contributed by atoms with Crippen molar-refractivity contribution in [1.29, 1.82) is 5.26 Å². The Morgan fingerprint density at radius 1 is 1.12 bits per heavy atom. The number of ketones is 1. The zero-order valence-electron chi connectivity index (χ0n) is 15.5. The predicted octanol–water partition coefficient (Wildman–Crippen LogP) is 4.17. The summed E-state index contributed by atoms with van der Waals surface area (Å²) in [7, 11) is 0. The van der Waals surface area contributed by atoms with Gasteiger partial charge in [-0.05, 0) is 69.9 Å². The Morgan fingerprint density at radius 2 is 1.77 bits per heavy atom. The summed E-state index contributed by atoms with van der Waals surface area (Å²) in [6, 6.07) is 12.9. The second kappa shape index (κ2) is 6.74. The molecule has 4 heteroatoms. The van der Waals surface area contributed by atoms with E-state index in [-0.39, 0.29) is 5.78 Å². The molecular formula is C22H25N3O. The number of fused-ring (bicyclic) bond motifs is 2. The van der Waals surface area contributed by atoms with E-state index in [0.717, 1.165) is 22.6 Å². The maximum Gasteiger partial charge on any atom is 0.178 e. The van der Waals surface area contributed by atoms with Gasteiger partial charge in [0.2, 0.25) is 0 Å². The van der Waals surface area contributed by atoms with Crippen molar-refractivity contribution in [1.82, 2.24) is 9.47 Å². The normalized spacial score (nSPS) is 22.3. The van der Waals surface area contributed by atoms with Gasteiger partial charge in [-0.25, -0.2) is 0 Å². The number of Topliss-reactive ketones (excluding diaryl/α,β-unsaturated/α-hetero) is 1. The number of carbonyl (C=O) groups excluding carboxylic acids is 1. The largest absolute Gasteiger partial charge is 0.318 e. The highest BCUT2D eigenvalue weighted by Gasteiger charge is 2.37. The fourth-order valence-electron chi connectivity index (χ4n) is 4.86. The number of nitrogens with zero attached hydrogens (tertiary/aromatic N) is 3. The van der Waals surface area contributed by atoms with E-state index in [4.69, 9.17) is 5.26 Å². The quantitative estimate of drug-likeness (QED) is 0.780. The molecule has 2 fully saturated rings. The van der Waals surface area contributed by atoms with Gasteiger partial charge in [0, 0.05) is 34.7 Å². The SMILES string of the molecule is Cc1cc(C(=O)CN2C3CCCC2CC3)c(C)n1-c1ccc(C#N)cc1. The van der Waals surface area contributed by atoms with Crippen LogP contribution in [0.3, 0.4) is 0 Å². The van der Waals surface area contributed by atoms with E-state index in [2.05, 4.69) is 15.5 Å². The summed E-state index contributed by atoms with van der Waals surface area (Å²) >= 11 is 0. The maximum atomic E-state index is 13.1. The molecule has 1 aromatic carbocycles. The summed E-state index contributed by atoms with van der Waals surface area (Å²) in [5.74, 6) is 0.233. The molecule has 134 valence electrons. The summed E-state index contributed by atoms with van der Waals surface area (Å²) in [6.45, 7) is 4.60. The highest BCUT2D eigenvalue weighted by Crippen LogP contribution is 2.35.